The van der Waals surface area contributed by atoms with E-state index in [1.807, 2.05) is 6.92 Å². The fraction of sp³-hybridized carbons (Fsp3) is 0.462. The van der Waals surface area contributed by atoms with E-state index >= 15 is 0 Å². The lowest BCUT2D eigenvalue weighted by Crippen LogP contribution is -2.25. The number of amides is 1. The molecule has 0 bridgehead atoms. The van der Waals surface area contributed by atoms with Crippen LogP contribution in [0.5, 0.6) is 11.5 Å². The van der Waals surface area contributed by atoms with Crippen LogP contribution in [-0.2, 0) is 6.54 Å². The van der Waals surface area contributed by atoms with Gasteiger partial charge in [0.1, 0.15) is 11.5 Å². The number of aryl methyl sites for hydroxylation is 1. The zero-order chi connectivity index (χ0) is 14.4. The van der Waals surface area contributed by atoms with E-state index in [2.05, 4.69) is 5.32 Å². The highest BCUT2D eigenvalue weighted by Crippen LogP contribution is 2.27. The average Bonchev–Trinajstić information content (AvgIpc) is 2.34. The van der Waals surface area contributed by atoms with Gasteiger partial charge in [-0.3, -0.25) is 0 Å². The molecule has 1 atom stereocenters. The summed E-state index contributed by atoms with van der Waals surface area (Å²) in [6, 6.07) is 3.06. The second-order valence-electron chi connectivity index (χ2n) is 4.36. The van der Waals surface area contributed by atoms with Crippen LogP contribution in [0.4, 0.5) is 4.79 Å². The van der Waals surface area contributed by atoms with Gasteiger partial charge in [0.15, 0.2) is 0 Å². The SMILES string of the molecule is CC[C@H](O)CNCc1cc(C)c(OC(N)=O)cc1O. The highest BCUT2D eigenvalue weighted by molar-refractivity contribution is 5.69. The summed E-state index contributed by atoms with van der Waals surface area (Å²) in [4.78, 5) is 10.7. The lowest BCUT2D eigenvalue weighted by atomic mass is 10.1. The number of aromatic hydroxyl groups is 1. The Balaban J connectivity index is 2.70. The van der Waals surface area contributed by atoms with E-state index in [4.69, 9.17) is 10.5 Å². The van der Waals surface area contributed by atoms with Gasteiger partial charge in [-0.25, -0.2) is 4.79 Å². The summed E-state index contributed by atoms with van der Waals surface area (Å²) in [6.07, 6.45) is -0.649. The number of rotatable bonds is 6. The van der Waals surface area contributed by atoms with Crippen LogP contribution in [-0.4, -0.2) is 29.0 Å². The number of nitrogens with one attached hydrogen (secondary N) is 1. The van der Waals surface area contributed by atoms with Crippen LogP contribution in [0, 0.1) is 6.92 Å². The number of hydrogen-bond donors (Lipinski definition) is 4. The summed E-state index contributed by atoms with van der Waals surface area (Å²) in [5.41, 5.74) is 6.29. The molecule has 1 aromatic carbocycles. The second-order valence-corrected chi connectivity index (χ2v) is 4.36. The second kappa shape index (κ2) is 6.96. The number of aliphatic hydroxyl groups excluding tert-OH is 1. The standard InChI is InChI=1S/C13H20N2O4/c1-3-10(16)7-15-6-9-4-8(2)12(5-11(9)17)19-13(14)18/h4-5,10,15-17H,3,6-7H2,1-2H3,(H2,14,18)/t10-/m0/s1. The molecule has 1 rings (SSSR count). The molecule has 5 N–H and O–H groups in total. The molecule has 0 saturated carbocycles. The lowest BCUT2D eigenvalue weighted by molar-refractivity contribution is 0.167. The van der Waals surface area contributed by atoms with Crippen LogP contribution >= 0.6 is 0 Å². The number of carbonyl (C=O) groups excluding carboxylic acids is 1. The fourth-order valence-corrected chi connectivity index (χ4v) is 1.61. The van der Waals surface area contributed by atoms with Crippen molar-refractivity contribution in [3.05, 3.63) is 23.3 Å². The van der Waals surface area contributed by atoms with Gasteiger partial charge in [-0.1, -0.05) is 6.92 Å². The maximum Gasteiger partial charge on any atom is 0.409 e. The summed E-state index contributed by atoms with van der Waals surface area (Å²) in [5.74, 6) is 0.252. The Morgan fingerprint density at radius 1 is 1.53 bits per heavy atom. The van der Waals surface area contributed by atoms with Crippen molar-refractivity contribution in [1.82, 2.24) is 5.32 Å². The molecule has 0 saturated heterocycles. The van der Waals surface area contributed by atoms with Gasteiger partial charge >= 0.3 is 6.09 Å². The smallest absolute Gasteiger partial charge is 0.409 e. The Morgan fingerprint density at radius 2 is 2.21 bits per heavy atom. The quantitative estimate of drug-likeness (QED) is 0.616. The third kappa shape index (κ3) is 4.76. The molecule has 19 heavy (non-hydrogen) atoms. The molecular formula is C13H20N2O4. The van der Waals surface area contributed by atoms with E-state index in [-0.39, 0.29) is 11.5 Å². The molecule has 0 heterocycles. The molecule has 106 valence electrons. The Bertz CT molecular complexity index is 449. The summed E-state index contributed by atoms with van der Waals surface area (Å²) in [7, 11) is 0. The molecule has 6 heteroatoms. The number of ether oxygens (including phenoxy) is 1. The van der Waals surface area contributed by atoms with Crippen molar-refractivity contribution >= 4 is 6.09 Å². The number of carbonyl (C=O) groups is 1. The van der Waals surface area contributed by atoms with Crippen molar-refractivity contribution < 1.29 is 19.7 Å². The number of aliphatic hydroxyl groups is 1. The molecule has 0 aromatic heterocycles. The Hall–Kier alpha value is -1.79. The summed E-state index contributed by atoms with van der Waals surface area (Å²) >= 11 is 0. The summed E-state index contributed by atoms with van der Waals surface area (Å²) in [5, 5.41) is 22.3. The lowest BCUT2D eigenvalue weighted by Gasteiger charge is -2.12. The maximum atomic E-state index is 10.7. The van der Waals surface area contributed by atoms with Gasteiger partial charge in [-0.2, -0.15) is 0 Å². The average molecular weight is 268 g/mol. The van der Waals surface area contributed by atoms with Crippen LogP contribution in [0.3, 0.4) is 0 Å². The number of nitrogens with two attached hydrogens (primary N) is 1. The molecule has 0 aliphatic rings. The minimum atomic E-state index is -0.917. The van der Waals surface area contributed by atoms with Crippen LogP contribution in [0.2, 0.25) is 0 Å². The van der Waals surface area contributed by atoms with Crippen LogP contribution in [0.25, 0.3) is 0 Å². The van der Waals surface area contributed by atoms with Crippen molar-refractivity contribution in [1.29, 1.82) is 0 Å². The Morgan fingerprint density at radius 3 is 2.79 bits per heavy atom. The van der Waals surface area contributed by atoms with Gasteiger partial charge in [-0.05, 0) is 25.0 Å². The Kier molecular flexibility index (Phi) is 5.59. The van der Waals surface area contributed by atoms with Crippen molar-refractivity contribution in [2.45, 2.75) is 32.9 Å². The number of phenols is 1. The Labute approximate surface area is 112 Å². The topological polar surface area (TPSA) is 105 Å². The first-order valence-corrected chi connectivity index (χ1v) is 6.12. The molecule has 1 amide bonds. The third-order valence-electron chi connectivity index (χ3n) is 2.75. The first-order valence-electron chi connectivity index (χ1n) is 6.12. The molecule has 6 nitrogen and oxygen atoms in total. The van der Waals surface area contributed by atoms with Crippen LogP contribution < -0.4 is 15.8 Å². The van der Waals surface area contributed by atoms with E-state index in [1.54, 1.807) is 13.0 Å². The van der Waals surface area contributed by atoms with Crippen molar-refractivity contribution in [2.75, 3.05) is 6.54 Å². The van der Waals surface area contributed by atoms with Gasteiger partial charge in [0, 0.05) is 24.7 Å². The first-order chi connectivity index (χ1) is 8.93. The van der Waals surface area contributed by atoms with Gasteiger partial charge in [-0.15, -0.1) is 0 Å². The summed E-state index contributed by atoms with van der Waals surface area (Å²) < 4.78 is 4.76. The van der Waals surface area contributed by atoms with Crippen molar-refractivity contribution in [2.24, 2.45) is 5.73 Å². The van der Waals surface area contributed by atoms with Gasteiger partial charge in [0.25, 0.3) is 0 Å². The van der Waals surface area contributed by atoms with Crippen molar-refractivity contribution in [3.63, 3.8) is 0 Å². The van der Waals surface area contributed by atoms with E-state index in [0.29, 0.717) is 30.6 Å². The predicted octanol–water partition coefficient (Wildman–Crippen LogP) is 1.02. The third-order valence-corrected chi connectivity index (χ3v) is 2.75. The molecule has 1 aromatic rings. The predicted molar refractivity (Wildman–Crippen MR) is 71.1 cm³/mol. The molecule has 0 radical (unpaired) electrons. The molecule has 0 unspecified atom stereocenters. The van der Waals surface area contributed by atoms with Gasteiger partial charge in [0.05, 0.1) is 6.10 Å². The zero-order valence-electron chi connectivity index (χ0n) is 11.1. The minimum Gasteiger partial charge on any atom is -0.507 e. The highest BCUT2D eigenvalue weighted by atomic mass is 16.5. The largest absolute Gasteiger partial charge is 0.507 e. The number of hydrogen-bond acceptors (Lipinski definition) is 5. The minimum absolute atomic E-state index is 0.0142. The van der Waals surface area contributed by atoms with Crippen molar-refractivity contribution in [3.8, 4) is 11.5 Å². The summed E-state index contributed by atoms with van der Waals surface area (Å²) in [6.45, 7) is 4.52. The molecule has 0 spiro atoms. The van der Waals surface area contributed by atoms with Gasteiger partial charge in [0.2, 0.25) is 0 Å². The van der Waals surface area contributed by atoms with Gasteiger partial charge < -0.3 is 26.0 Å². The monoisotopic (exact) mass is 268 g/mol. The maximum absolute atomic E-state index is 10.7. The molecule has 0 fully saturated rings. The number of phenolic OH excluding ortho intramolecular Hbond substituents is 1. The van der Waals surface area contributed by atoms with E-state index in [1.165, 1.54) is 6.07 Å². The van der Waals surface area contributed by atoms with Crippen LogP contribution in [0.1, 0.15) is 24.5 Å². The molecular weight excluding hydrogens is 248 g/mol. The van der Waals surface area contributed by atoms with E-state index in [0.717, 1.165) is 0 Å². The van der Waals surface area contributed by atoms with Crippen LogP contribution in [0.15, 0.2) is 12.1 Å². The zero-order valence-corrected chi connectivity index (χ0v) is 11.1. The fourth-order valence-electron chi connectivity index (χ4n) is 1.61. The first kappa shape index (κ1) is 15.3. The van der Waals surface area contributed by atoms with E-state index < -0.39 is 12.2 Å². The number of benzene rings is 1. The van der Waals surface area contributed by atoms with E-state index in [9.17, 15) is 15.0 Å². The molecule has 0 aliphatic carbocycles. The highest BCUT2D eigenvalue weighted by Gasteiger charge is 2.10. The number of primary amides is 1. The normalized spacial score (nSPS) is 12.2. The molecule has 0 aliphatic heterocycles.